The summed E-state index contributed by atoms with van der Waals surface area (Å²) in [6, 6.07) is 0. The molecule has 2 aromatic heterocycles. The fraction of sp³-hybridized carbons (Fsp3) is 0.684. The molecule has 1 aliphatic heterocycles. The standard InChI is InChI=1S/C19H30BrN7O3/c1-3-5-7-26(8-6-4-2)11-22-19-23-17(21)15-16(20)25-27(18(15)24-19)14-9-12(29)13(10-28)30-14/h11-14,28-29H,3-10H2,1-2H3,(H2,21,23,24)/t12-,13+,14-/m0/s1. The molecule has 0 bridgehead atoms. The summed E-state index contributed by atoms with van der Waals surface area (Å²) in [7, 11) is 0. The van der Waals surface area contributed by atoms with Gasteiger partial charge in [-0.15, -0.1) is 0 Å². The number of nitrogens with two attached hydrogens (primary N) is 1. The minimum atomic E-state index is -0.777. The minimum Gasteiger partial charge on any atom is -0.394 e. The highest BCUT2D eigenvalue weighted by molar-refractivity contribution is 9.10. The number of unbranched alkanes of at least 4 members (excludes halogenated alkanes) is 2. The van der Waals surface area contributed by atoms with Crippen molar-refractivity contribution in [1.82, 2.24) is 24.6 Å². The van der Waals surface area contributed by atoms with Crippen LogP contribution in [-0.2, 0) is 4.74 Å². The molecule has 1 fully saturated rings. The van der Waals surface area contributed by atoms with Crippen LogP contribution in [0.4, 0.5) is 11.8 Å². The number of fused-ring (bicyclic) bond motifs is 1. The number of rotatable bonds is 10. The number of nitrogen functional groups attached to an aromatic ring is 1. The van der Waals surface area contributed by atoms with E-state index >= 15 is 0 Å². The quantitative estimate of drug-likeness (QED) is 0.346. The first-order valence-electron chi connectivity index (χ1n) is 10.4. The lowest BCUT2D eigenvalue weighted by molar-refractivity contribution is -0.0471. The summed E-state index contributed by atoms with van der Waals surface area (Å²) in [6.45, 7) is 5.91. The zero-order valence-electron chi connectivity index (χ0n) is 17.4. The molecule has 4 N–H and O–H groups in total. The lowest BCUT2D eigenvalue weighted by Crippen LogP contribution is -2.24. The van der Waals surface area contributed by atoms with Gasteiger partial charge in [0.25, 0.3) is 5.95 Å². The molecule has 3 heterocycles. The maximum atomic E-state index is 10.1. The Morgan fingerprint density at radius 3 is 2.60 bits per heavy atom. The molecule has 0 radical (unpaired) electrons. The first kappa shape index (κ1) is 22.9. The van der Waals surface area contributed by atoms with Crippen LogP contribution in [0.2, 0.25) is 0 Å². The molecule has 0 aliphatic carbocycles. The normalized spacial score (nSPS) is 21.8. The first-order valence-corrected chi connectivity index (χ1v) is 11.2. The monoisotopic (exact) mass is 483 g/mol. The fourth-order valence-corrected chi connectivity index (χ4v) is 3.93. The van der Waals surface area contributed by atoms with Crippen molar-refractivity contribution in [3.63, 3.8) is 0 Å². The molecular weight excluding hydrogens is 454 g/mol. The number of aromatic nitrogens is 4. The number of hydrogen-bond donors (Lipinski definition) is 3. The van der Waals surface area contributed by atoms with Gasteiger partial charge < -0.3 is 25.6 Å². The number of nitrogens with zero attached hydrogens (tertiary/aromatic N) is 6. The van der Waals surface area contributed by atoms with Gasteiger partial charge in [0.15, 0.2) is 11.9 Å². The van der Waals surface area contributed by atoms with Crippen molar-refractivity contribution >= 4 is 45.1 Å². The predicted octanol–water partition coefficient (Wildman–Crippen LogP) is 2.37. The summed E-state index contributed by atoms with van der Waals surface area (Å²) >= 11 is 3.40. The zero-order valence-corrected chi connectivity index (χ0v) is 19.0. The van der Waals surface area contributed by atoms with Crippen molar-refractivity contribution in [3.8, 4) is 0 Å². The van der Waals surface area contributed by atoms with E-state index < -0.39 is 18.4 Å². The Morgan fingerprint density at radius 1 is 1.30 bits per heavy atom. The molecule has 10 nitrogen and oxygen atoms in total. The number of hydrogen-bond acceptors (Lipinski definition) is 8. The second-order valence-electron chi connectivity index (χ2n) is 7.45. The number of aliphatic hydroxyl groups excluding tert-OH is 2. The lowest BCUT2D eigenvalue weighted by atomic mass is 10.2. The largest absolute Gasteiger partial charge is 0.394 e. The van der Waals surface area contributed by atoms with E-state index in [9.17, 15) is 10.2 Å². The maximum Gasteiger partial charge on any atom is 0.254 e. The van der Waals surface area contributed by atoms with E-state index in [2.05, 4.69) is 54.7 Å². The molecule has 0 spiro atoms. The molecule has 0 aromatic carbocycles. The van der Waals surface area contributed by atoms with E-state index in [0.717, 1.165) is 38.8 Å². The lowest BCUT2D eigenvalue weighted by Gasteiger charge is -2.18. The van der Waals surface area contributed by atoms with Crippen LogP contribution in [0.3, 0.4) is 0 Å². The molecule has 0 saturated carbocycles. The number of aliphatic imine (C=N–C) groups is 1. The van der Waals surface area contributed by atoms with Crippen molar-refractivity contribution in [2.24, 2.45) is 4.99 Å². The average molecular weight is 484 g/mol. The van der Waals surface area contributed by atoms with Gasteiger partial charge in [-0.2, -0.15) is 15.1 Å². The average Bonchev–Trinajstić information content (AvgIpc) is 3.27. The molecule has 3 atom stereocenters. The van der Waals surface area contributed by atoms with Gasteiger partial charge in [0.05, 0.1) is 24.4 Å². The summed E-state index contributed by atoms with van der Waals surface area (Å²) in [6.07, 6.45) is 4.47. The van der Waals surface area contributed by atoms with E-state index in [0.29, 0.717) is 22.1 Å². The Kier molecular flexibility index (Phi) is 7.98. The SMILES string of the molecule is CCCCN(C=Nc1nc(N)c2c(Br)nn([C@@H]3C[C@H](O)[C@@H](CO)O3)c2n1)CCCC. The molecule has 1 saturated heterocycles. The molecule has 30 heavy (non-hydrogen) atoms. The van der Waals surface area contributed by atoms with E-state index in [4.69, 9.17) is 10.5 Å². The van der Waals surface area contributed by atoms with E-state index in [-0.39, 0.29) is 18.4 Å². The van der Waals surface area contributed by atoms with E-state index in [1.54, 1.807) is 11.0 Å². The molecule has 166 valence electrons. The third-order valence-electron chi connectivity index (χ3n) is 5.12. The molecule has 0 amide bonds. The van der Waals surface area contributed by atoms with E-state index in [1.165, 1.54) is 0 Å². The van der Waals surface area contributed by atoms with Gasteiger partial charge in [-0.05, 0) is 28.8 Å². The highest BCUT2D eigenvalue weighted by Crippen LogP contribution is 2.35. The summed E-state index contributed by atoms with van der Waals surface area (Å²) < 4.78 is 7.77. The number of halogens is 1. The summed E-state index contributed by atoms with van der Waals surface area (Å²) in [5, 5.41) is 24.4. The Bertz CT molecular complexity index is 867. The third kappa shape index (κ3) is 5.08. The van der Waals surface area contributed by atoms with Crippen LogP contribution in [0.1, 0.15) is 52.2 Å². The fourth-order valence-electron chi connectivity index (χ4n) is 3.38. The summed E-state index contributed by atoms with van der Waals surface area (Å²) in [5.74, 6) is 0.500. The van der Waals surface area contributed by atoms with Crippen LogP contribution in [0.25, 0.3) is 11.0 Å². The van der Waals surface area contributed by atoms with Crippen LogP contribution in [0.15, 0.2) is 9.60 Å². The molecule has 11 heteroatoms. The van der Waals surface area contributed by atoms with Crippen LogP contribution < -0.4 is 5.73 Å². The van der Waals surface area contributed by atoms with Crippen molar-refractivity contribution < 1.29 is 14.9 Å². The number of anilines is 1. The highest BCUT2D eigenvalue weighted by Gasteiger charge is 2.36. The van der Waals surface area contributed by atoms with Crippen molar-refractivity contribution in [2.75, 3.05) is 25.4 Å². The van der Waals surface area contributed by atoms with Crippen molar-refractivity contribution in [2.45, 2.75) is 64.4 Å². The maximum absolute atomic E-state index is 10.1. The Labute approximate surface area is 184 Å². The topological polar surface area (TPSA) is 135 Å². The number of aliphatic hydroxyl groups is 2. The van der Waals surface area contributed by atoms with Gasteiger partial charge in [-0.3, -0.25) is 0 Å². The molecule has 0 unspecified atom stereocenters. The van der Waals surface area contributed by atoms with Gasteiger partial charge in [0.1, 0.15) is 16.5 Å². The highest BCUT2D eigenvalue weighted by atomic mass is 79.9. The first-order chi connectivity index (χ1) is 14.5. The van der Waals surface area contributed by atoms with Crippen LogP contribution in [-0.4, -0.2) is 73.1 Å². The van der Waals surface area contributed by atoms with Crippen molar-refractivity contribution in [1.29, 1.82) is 0 Å². The Morgan fingerprint density at radius 2 is 2.00 bits per heavy atom. The molecular formula is C19H30BrN7O3. The van der Waals surface area contributed by atoms with Crippen molar-refractivity contribution in [3.05, 3.63) is 4.60 Å². The van der Waals surface area contributed by atoms with Gasteiger partial charge in [-0.25, -0.2) is 9.67 Å². The smallest absolute Gasteiger partial charge is 0.254 e. The van der Waals surface area contributed by atoms with Gasteiger partial charge in [0, 0.05) is 19.5 Å². The zero-order chi connectivity index (χ0) is 21.7. The van der Waals surface area contributed by atoms with Crippen LogP contribution in [0.5, 0.6) is 0 Å². The molecule has 1 aliphatic rings. The van der Waals surface area contributed by atoms with Gasteiger partial charge >= 0.3 is 0 Å². The number of ether oxygens (including phenoxy) is 1. The minimum absolute atomic E-state index is 0.240. The van der Waals surface area contributed by atoms with Crippen LogP contribution >= 0.6 is 15.9 Å². The Hall–Kier alpha value is -1.82. The van der Waals surface area contributed by atoms with Gasteiger partial charge in [0.2, 0.25) is 0 Å². The molecule has 2 aromatic rings. The summed E-state index contributed by atoms with van der Waals surface area (Å²) in [4.78, 5) is 15.5. The predicted molar refractivity (Wildman–Crippen MR) is 119 cm³/mol. The summed E-state index contributed by atoms with van der Waals surface area (Å²) in [5.41, 5.74) is 6.63. The molecule has 3 rings (SSSR count). The van der Waals surface area contributed by atoms with Gasteiger partial charge in [-0.1, -0.05) is 26.7 Å². The van der Waals surface area contributed by atoms with Crippen LogP contribution in [0, 0.1) is 0 Å². The second-order valence-corrected chi connectivity index (χ2v) is 8.20. The third-order valence-corrected chi connectivity index (χ3v) is 5.67. The second kappa shape index (κ2) is 10.5. The van der Waals surface area contributed by atoms with E-state index in [1.807, 2.05) is 0 Å². The Balaban J connectivity index is 1.90.